The summed E-state index contributed by atoms with van der Waals surface area (Å²) in [5.41, 5.74) is 0. The van der Waals surface area contributed by atoms with Crippen molar-refractivity contribution in [2.75, 3.05) is 14.1 Å². The number of ether oxygens (including phenoxy) is 1. The highest BCUT2D eigenvalue weighted by Gasteiger charge is 2.42. The van der Waals surface area contributed by atoms with Crippen LogP contribution < -0.4 is 0 Å². The van der Waals surface area contributed by atoms with Gasteiger partial charge in [-0.15, -0.1) is 0 Å². The van der Waals surface area contributed by atoms with Crippen molar-refractivity contribution in [3.05, 3.63) is 0 Å². The molecule has 0 aromatic heterocycles. The molecule has 1 atom stereocenters. The minimum Gasteiger partial charge on any atom is -0.446 e. The van der Waals surface area contributed by atoms with E-state index in [4.69, 9.17) is 0 Å². The highest BCUT2D eigenvalue weighted by Crippen LogP contribution is 2.17. The predicted octanol–water partition coefficient (Wildman–Crippen LogP) is 0.569. The van der Waals surface area contributed by atoms with Crippen molar-refractivity contribution >= 4 is 11.9 Å². The zero-order valence-electron chi connectivity index (χ0n) is 7.88. The lowest BCUT2D eigenvalue weighted by Gasteiger charge is -2.17. The fourth-order valence-electron chi connectivity index (χ4n) is 0.641. The molecule has 0 saturated heterocycles. The molecular formula is C7H10F3NO3. The average Bonchev–Trinajstić information content (AvgIpc) is 2.00. The van der Waals surface area contributed by atoms with E-state index in [0.29, 0.717) is 0 Å². The van der Waals surface area contributed by atoms with Gasteiger partial charge in [-0.05, 0) is 6.92 Å². The zero-order chi connectivity index (χ0) is 11.5. The van der Waals surface area contributed by atoms with Crippen LogP contribution >= 0.6 is 0 Å². The van der Waals surface area contributed by atoms with Crippen LogP contribution in [-0.2, 0) is 14.3 Å². The number of carbonyl (C=O) groups excluding carboxylic acids is 2. The monoisotopic (exact) mass is 213 g/mol. The number of amides is 1. The summed E-state index contributed by atoms with van der Waals surface area (Å²) < 4.78 is 38.9. The normalized spacial score (nSPS) is 13.3. The molecule has 0 spiro atoms. The van der Waals surface area contributed by atoms with E-state index in [1.807, 2.05) is 0 Å². The van der Waals surface area contributed by atoms with Crippen molar-refractivity contribution in [3.8, 4) is 0 Å². The van der Waals surface area contributed by atoms with Crippen molar-refractivity contribution in [2.24, 2.45) is 0 Å². The summed E-state index contributed by atoms with van der Waals surface area (Å²) in [7, 11) is 2.69. The van der Waals surface area contributed by atoms with Crippen LogP contribution in [-0.4, -0.2) is 43.2 Å². The van der Waals surface area contributed by atoms with Crippen LogP contribution in [0.25, 0.3) is 0 Å². The highest BCUT2D eigenvalue weighted by molar-refractivity contribution is 5.84. The maximum absolute atomic E-state index is 11.7. The lowest BCUT2D eigenvalue weighted by Crippen LogP contribution is -2.38. The third kappa shape index (κ3) is 3.63. The SMILES string of the molecule is C[C@H](OC(=O)C(F)(F)F)C(=O)N(C)C. The molecule has 0 N–H and O–H groups in total. The van der Waals surface area contributed by atoms with E-state index in [9.17, 15) is 22.8 Å². The van der Waals surface area contributed by atoms with E-state index >= 15 is 0 Å². The Morgan fingerprint density at radius 3 is 2.00 bits per heavy atom. The van der Waals surface area contributed by atoms with E-state index in [2.05, 4.69) is 4.74 Å². The first-order valence-electron chi connectivity index (χ1n) is 3.65. The fraction of sp³-hybridized carbons (Fsp3) is 0.714. The molecule has 0 aromatic rings. The van der Waals surface area contributed by atoms with Gasteiger partial charge in [0.1, 0.15) is 0 Å². The summed E-state index contributed by atoms with van der Waals surface area (Å²) in [5, 5.41) is 0. The molecule has 0 radical (unpaired) electrons. The number of likely N-dealkylation sites (N-methyl/N-ethyl adjacent to an activating group) is 1. The molecule has 7 heteroatoms. The number of esters is 1. The molecule has 0 aromatic carbocycles. The number of alkyl halides is 3. The van der Waals surface area contributed by atoms with Gasteiger partial charge in [-0.2, -0.15) is 13.2 Å². The van der Waals surface area contributed by atoms with Gasteiger partial charge in [-0.3, -0.25) is 4.79 Å². The topological polar surface area (TPSA) is 46.6 Å². The third-order valence-electron chi connectivity index (χ3n) is 1.30. The van der Waals surface area contributed by atoms with Crippen LogP contribution in [0.4, 0.5) is 13.2 Å². The number of carbonyl (C=O) groups is 2. The Balaban J connectivity index is 4.27. The van der Waals surface area contributed by atoms with Gasteiger partial charge in [0.25, 0.3) is 5.91 Å². The van der Waals surface area contributed by atoms with Crippen LogP contribution in [0.15, 0.2) is 0 Å². The molecule has 4 nitrogen and oxygen atoms in total. The quantitative estimate of drug-likeness (QED) is 0.630. The zero-order valence-corrected chi connectivity index (χ0v) is 7.88. The maximum Gasteiger partial charge on any atom is 0.490 e. The molecule has 0 fully saturated rings. The van der Waals surface area contributed by atoms with Crippen molar-refractivity contribution < 1.29 is 27.5 Å². The lowest BCUT2D eigenvalue weighted by atomic mass is 10.3. The van der Waals surface area contributed by atoms with Gasteiger partial charge >= 0.3 is 12.1 Å². The molecule has 0 unspecified atom stereocenters. The van der Waals surface area contributed by atoms with Gasteiger partial charge < -0.3 is 9.64 Å². The molecule has 82 valence electrons. The standard InChI is InChI=1S/C7H10F3NO3/c1-4(5(12)11(2)3)14-6(13)7(8,9)10/h4H,1-3H3/t4-/m0/s1. The first-order chi connectivity index (χ1) is 6.16. The van der Waals surface area contributed by atoms with Gasteiger partial charge in [-0.1, -0.05) is 0 Å². The van der Waals surface area contributed by atoms with Crippen LogP contribution in [0.3, 0.4) is 0 Å². The Hall–Kier alpha value is -1.27. The molecule has 0 bridgehead atoms. The van der Waals surface area contributed by atoms with Crippen LogP contribution in [0.1, 0.15) is 6.92 Å². The maximum atomic E-state index is 11.7. The molecule has 0 aliphatic rings. The summed E-state index contributed by atoms with van der Waals surface area (Å²) in [5.74, 6) is -3.07. The summed E-state index contributed by atoms with van der Waals surface area (Å²) in [6.45, 7) is 1.08. The molecule has 0 heterocycles. The molecule has 1 amide bonds. The summed E-state index contributed by atoms with van der Waals surface area (Å²) in [6.07, 6.45) is -6.50. The molecule has 0 aliphatic carbocycles. The van der Waals surface area contributed by atoms with Crippen molar-refractivity contribution in [3.63, 3.8) is 0 Å². The minimum atomic E-state index is -5.07. The van der Waals surface area contributed by atoms with Crippen LogP contribution in [0.2, 0.25) is 0 Å². The number of nitrogens with zero attached hydrogens (tertiary/aromatic N) is 1. The van der Waals surface area contributed by atoms with Gasteiger partial charge in [0, 0.05) is 14.1 Å². The Morgan fingerprint density at radius 1 is 1.29 bits per heavy atom. The van der Waals surface area contributed by atoms with Crippen LogP contribution in [0.5, 0.6) is 0 Å². The van der Waals surface area contributed by atoms with E-state index in [-0.39, 0.29) is 0 Å². The third-order valence-corrected chi connectivity index (χ3v) is 1.30. The van der Waals surface area contributed by atoms with Crippen LogP contribution in [0, 0.1) is 0 Å². The first-order valence-corrected chi connectivity index (χ1v) is 3.65. The Kier molecular flexibility index (Phi) is 3.91. The van der Waals surface area contributed by atoms with Crippen molar-refractivity contribution in [1.29, 1.82) is 0 Å². The average molecular weight is 213 g/mol. The summed E-state index contributed by atoms with van der Waals surface area (Å²) in [6, 6.07) is 0. The van der Waals surface area contributed by atoms with E-state index < -0.39 is 24.2 Å². The Labute approximate surface area is 78.6 Å². The molecule has 14 heavy (non-hydrogen) atoms. The van der Waals surface area contributed by atoms with E-state index in [1.165, 1.54) is 14.1 Å². The molecule has 0 aliphatic heterocycles. The minimum absolute atomic E-state index is 0.706. The lowest BCUT2D eigenvalue weighted by molar-refractivity contribution is -0.205. The second-order valence-electron chi connectivity index (χ2n) is 2.78. The summed E-state index contributed by atoms with van der Waals surface area (Å²) >= 11 is 0. The van der Waals surface area contributed by atoms with Crippen molar-refractivity contribution in [2.45, 2.75) is 19.2 Å². The second kappa shape index (κ2) is 4.30. The molecule has 0 rings (SSSR count). The van der Waals surface area contributed by atoms with Gasteiger partial charge in [0.2, 0.25) is 0 Å². The fourth-order valence-corrected chi connectivity index (χ4v) is 0.641. The van der Waals surface area contributed by atoms with Crippen molar-refractivity contribution in [1.82, 2.24) is 4.90 Å². The predicted molar refractivity (Wildman–Crippen MR) is 40.3 cm³/mol. The highest BCUT2D eigenvalue weighted by atomic mass is 19.4. The van der Waals surface area contributed by atoms with Gasteiger partial charge in [0.05, 0.1) is 0 Å². The largest absolute Gasteiger partial charge is 0.490 e. The number of hydrogen-bond donors (Lipinski definition) is 0. The first kappa shape index (κ1) is 12.7. The number of hydrogen-bond acceptors (Lipinski definition) is 3. The van der Waals surface area contributed by atoms with E-state index in [0.717, 1.165) is 11.8 Å². The van der Waals surface area contributed by atoms with Gasteiger partial charge in [0.15, 0.2) is 6.10 Å². The Morgan fingerprint density at radius 2 is 1.71 bits per heavy atom. The summed E-state index contributed by atoms with van der Waals surface area (Å²) in [4.78, 5) is 22.3. The molecule has 0 saturated carbocycles. The van der Waals surface area contributed by atoms with E-state index in [1.54, 1.807) is 0 Å². The smallest absolute Gasteiger partial charge is 0.446 e. The molecular weight excluding hydrogens is 203 g/mol. The second-order valence-corrected chi connectivity index (χ2v) is 2.78. The number of halogens is 3. The Bertz CT molecular complexity index is 237. The van der Waals surface area contributed by atoms with Gasteiger partial charge in [-0.25, -0.2) is 4.79 Å². The number of rotatable bonds is 2.